The van der Waals surface area contributed by atoms with Gasteiger partial charge in [-0.05, 0) is 69.3 Å². The summed E-state index contributed by atoms with van der Waals surface area (Å²) in [6.07, 6.45) is -1.56. The largest absolute Gasteiger partial charge is 0.483 e. The molecule has 1 aliphatic carbocycles. The minimum Gasteiger partial charge on any atom is -0.483 e. The fraction of sp³-hybridized carbons (Fsp3) is 0.346. The Bertz CT molecular complexity index is 1500. The van der Waals surface area contributed by atoms with E-state index in [0.717, 1.165) is 30.6 Å². The minimum atomic E-state index is -4.54. The fourth-order valence-electron chi connectivity index (χ4n) is 4.72. The number of nitrogens with zero attached hydrogens (tertiary/aromatic N) is 3. The second kappa shape index (κ2) is 13.2. The third-order valence-electron chi connectivity index (χ3n) is 6.74. The molecule has 0 bridgehead atoms. The third-order valence-corrected chi connectivity index (χ3v) is 8.43. The van der Waals surface area contributed by atoms with Crippen LogP contribution in [0.15, 0.2) is 59.9 Å². The quantitative estimate of drug-likeness (QED) is 0.217. The molecule has 4 N–H and O–H groups in total. The van der Waals surface area contributed by atoms with E-state index in [4.69, 9.17) is 21.5 Å². The molecule has 3 aromatic rings. The van der Waals surface area contributed by atoms with Crippen molar-refractivity contribution in [2.75, 3.05) is 24.1 Å². The van der Waals surface area contributed by atoms with Gasteiger partial charge in [-0.25, -0.2) is 22.8 Å². The number of carbonyl (C=O) groups is 1. The number of likely N-dealkylation sites (N-methyl/N-ethyl adjacent to an activating group) is 1. The average molecular weight is 634 g/mol. The number of carboxylic acid groups (broad SMARTS) is 1. The SMILES string of the molecule is CN(C)[C@H]1C[C@@](O)(c2cccc(C(F)(F)F)c2)CC[C@@H]1Nc1cc(F)c(S(=O)(=O)Nc2ccncn2)cc1Cl.O=CO. The number of anilines is 2. The summed E-state index contributed by atoms with van der Waals surface area (Å²) in [7, 11) is -0.834. The van der Waals surface area contributed by atoms with Crippen molar-refractivity contribution in [3.05, 3.63) is 77.0 Å². The maximum absolute atomic E-state index is 15.0. The van der Waals surface area contributed by atoms with E-state index in [9.17, 15) is 26.7 Å². The van der Waals surface area contributed by atoms with Crippen LogP contribution in [0.3, 0.4) is 0 Å². The molecule has 1 saturated carbocycles. The number of aromatic nitrogens is 2. The molecule has 0 amide bonds. The molecule has 16 heteroatoms. The van der Waals surface area contributed by atoms with Gasteiger partial charge in [0.05, 0.1) is 21.9 Å². The summed E-state index contributed by atoms with van der Waals surface area (Å²) in [5.41, 5.74) is -2.07. The first-order chi connectivity index (χ1) is 19.6. The molecule has 0 spiro atoms. The van der Waals surface area contributed by atoms with E-state index in [2.05, 4.69) is 20.0 Å². The van der Waals surface area contributed by atoms with Gasteiger partial charge < -0.3 is 20.4 Å². The maximum atomic E-state index is 15.0. The Morgan fingerprint density at radius 2 is 1.88 bits per heavy atom. The number of benzene rings is 2. The van der Waals surface area contributed by atoms with Crippen molar-refractivity contribution in [3.8, 4) is 0 Å². The van der Waals surface area contributed by atoms with E-state index >= 15 is 4.39 Å². The minimum absolute atomic E-state index is 0.0491. The standard InChI is InChI=1S/C25H26ClF4N5O3S.CH2O2/c1-35(2)21-13-24(36,15-4-3-5-16(10-15)25(28,29)30)8-6-19(21)33-20-12-18(27)22(11-17(20)26)39(37,38)34-23-7-9-31-14-32-23;2-1-3/h3-5,7,9-12,14,19,21,33,36H,6,8,13H2,1-2H3,(H,31,32,34);1H,(H,2,3)/t19-,21-,24+;/m0./s1. The molecule has 0 saturated heterocycles. The molecule has 1 aromatic heterocycles. The average Bonchev–Trinajstić information content (AvgIpc) is 2.92. The summed E-state index contributed by atoms with van der Waals surface area (Å²) in [5, 5.41) is 21.4. The Morgan fingerprint density at radius 1 is 1.19 bits per heavy atom. The summed E-state index contributed by atoms with van der Waals surface area (Å²) < 4.78 is 82.4. The van der Waals surface area contributed by atoms with Crippen LogP contribution in [0.25, 0.3) is 0 Å². The molecule has 1 heterocycles. The number of halogens is 5. The first-order valence-electron chi connectivity index (χ1n) is 12.3. The van der Waals surface area contributed by atoms with E-state index in [1.165, 1.54) is 24.4 Å². The van der Waals surface area contributed by atoms with E-state index in [1.807, 2.05) is 4.90 Å². The van der Waals surface area contributed by atoms with Crippen molar-refractivity contribution in [3.63, 3.8) is 0 Å². The lowest BCUT2D eigenvalue weighted by Crippen LogP contribution is -2.52. The van der Waals surface area contributed by atoms with Gasteiger partial charge in [0, 0.05) is 18.3 Å². The Morgan fingerprint density at radius 3 is 2.48 bits per heavy atom. The van der Waals surface area contributed by atoms with Crippen LogP contribution in [-0.2, 0) is 26.6 Å². The molecule has 10 nitrogen and oxygen atoms in total. The number of hydrogen-bond donors (Lipinski definition) is 4. The fourth-order valence-corrected chi connectivity index (χ4v) is 6.10. The molecule has 1 aliphatic rings. The lowest BCUT2D eigenvalue weighted by molar-refractivity contribution is -0.137. The van der Waals surface area contributed by atoms with Gasteiger partial charge in [-0.2, -0.15) is 13.2 Å². The smallest absolute Gasteiger partial charge is 0.416 e. The Labute approximate surface area is 244 Å². The summed E-state index contributed by atoms with van der Waals surface area (Å²) in [6, 6.07) is 7.13. The molecule has 0 radical (unpaired) electrons. The van der Waals surface area contributed by atoms with E-state index in [1.54, 1.807) is 14.1 Å². The lowest BCUT2D eigenvalue weighted by atomic mass is 9.74. The van der Waals surface area contributed by atoms with Crippen molar-refractivity contribution < 1.29 is 41.0 Å². The van der Waals surface area contributed by atoms with Crippen molar-refractivity contribution in [1.82, 2.24) is 14.9 Å². The molecule has 2 aromatic carbocycles. The lowest BCUT2D eigenvalue weighted by Gasteiger charge is -2.45. The zero-order valence-corrected chi connectivity index (χ0v) is 23.9. The van der Waals surface area contributed by atoms with Crippen LogP contribution < -0.4 is 10.0 Å². The number of aliphatic hydroxyl groups is 1. The summed E-state index contributed by atoms with van der Waals surface area (Å²) in [6.45, 7) is -0.250. The van der Waals surface area contributed by atoms with Crippen molar-refractivity contribution in [2.45, 2.75) is 48.0 Å². The summed E-state index contributed by atoms with van der Waals surface area (Å²) in [4.78, 5) is 16.9. The second-order valence-corrected chi connectivity index (χ2v) is 11.8. The van der Waals surface area contributed by atoms with Gasteiger partial charge in [0.15, 0.2) is 0 Å². The predicted octanol–water partition coefficient (Wildman–Crippen LogP) is 4.57. The maximum Gasteiger partial charge on any atom is 0.416 e. The highest BCUT2D eigenvalue weighted by molar-refractivity contribution is 7.92. The molecule has 0 unspecified atom stereocenters. The van der Waals surface area contributed by atoms with Crippen LogP contribution in [0.1, 0.15) is 30.4 Å². The number of hydrogen-bond acceptors (Lipinski definition) is 8. The van der Waals surface area contributed by atoms with Gasteiger partial charge in [0.2, 0.25) is 0 Å². The Balaban J connectivity index is 0.00000155. The van der Waals surface area contributed by atoms with Gasteiger partial charge in [0.1, 0.15) is 22.9 Å². The molecule has 228 valence electrons. The van der Waals surface area contributed by atoms with Crippen molar-refractivity contribution >= 4 is 39.6 Å². The molecule has 0 aliphatic heterocycles. The molecule has 1 fully saturated rings. The highest BCUT2D eigenvalue weighted by atomic mass is 35.5. The van der Waals surface area contributed by atoms with Crippen LogP contribution in [-0.4, -0.2) is 66.1 Å². The number of rotatable bonds is 7. The Hall–Kier alpha value is -3.53. The highest BCUT2D eigenvalue weighted by Crippen LogP contribution is 2.42. The van der Waals surface area contributed by atoms with Crippen molar-refractivity contribution in [1.29, 1.82) is 0 Å². The third kappa shape index (κ3) is 7.85. The van der Waals surface area contributed by atoms with Gasteiger partial charge in [-0.3, -0.25) is 9.52 Å². The topological polar surface area (TPSA) is 145 Å². The van der Waals surface area contributed by atoms with Crippen LogP contribution in [0, 0.1) is 5.82 Å². The zero-order chi connectivity index (χ0) is 31.3. The van der Waals surface area contributed by atoms with Crippen LogP contribution in [0.4, 0.5) is 29.1 Å². The molecular weight excluding hydrogens is 606 g/mol. The van der Waals surface area contributed by atoms with Gasteiger partial charge in [-0.1, -0.05) is 23.7 Å². The Kier molecular flexibility index (Phi) is 10.4. The number of sulfonamides is 1. The first kappa shape index (κ1) is 33.0. The van der Waals surface area contributed by atoms with Crippen LogP contribution >= 0.6 is 11.6 Å². The molecular formula is C26H28ClF4N5O5S. The van der Waals surface area contributed by atoms with Crippen LogP contribution in [0.2, 0.25) is 5.02 Å². The predicted molar refractivity (Wildman–Crippen MR) is 147 cm³/mol. The van der Waals surface area contributed by atoms with Gasteiger partial charge in [-0.15, -0.1) is 0 Å². The highest BCUT2D eigenvalue weighted by Gasteiger charge is 2.43. The van der Waals surface area contributed by atoms with Gasteiger partial charge >= 0.3 is 6.18 Å². The first-order valence-corrected chi connectivity index (χ1v) is 14.2. The van der Waals surface area contributed by atoms with E-state index in [-0.39, 0.29) is 53.5 Å². The molecule has 4 rings (SSSR count). The molecule has 42 heavy (non-hydrogen) atoms. The number of nitrogens with one attached hydrogen (secondary N) is 2. The van der Waals surface area contributed by atoms with E-state index < -0.39 is 38.1 Å². The van der Waals surface area contributed by atoms with Gasteiger partial charge in [0.25, 0.3) is 16.5 Å². The van der Waals surface area contributed by atoms with E-state index in [0.29, 0.717) is 6.42 Å². The summed E-state index contributed by atoms with van der Waals surface area (Å²) >= 11 is 6.35. The molecule has 3 atom stereocenters. The van der Waals surface area contributed by atoms with Crippen LogP contribution in [0.5, 0.6) is 0 Å². The zero-order valence-electron chi connectivity index (χ0n) is 22.3. The number of alkyl halides is 3. The summed E-state index contributed by atoms with van der Waals surface area (Å²) in [5.74, 6) is -1.10. The normalized spacial score (nSPS) is 20.8. The van der Waals surface area contributed by atoms with Crippen molar-refractivity contribution in [2.24, 2.45) is 0 Å². The monoisotopic (exact) mass is 633 g/mol. The second-order valence-electron chi connectivity index (χ2n) is 9.70.